The Bertz CT molecular complexity index is 739. The number of esters is 1. The third-order valence-corrected chi connectivity index (χ3v) is 2.95. The summed E-state index contributed by atoms with van der Waals surface area (Å²) in [6.45, 7) is 1.57. The van der Waals surface area contributed by atoms with E-state index in [1.165, 1.54) is 12.1 Å². The highest BCUT2D eigenvalue weighted by atomic mass is 19.4. The molecule has 0 amide bonds. The van der Waals surface area contributed by atoms with Crippen LogP contribution in [-0.4, -0.2) is 18.9 Å². The largest absolute Gasteiger partial charge is 0.573 e. The van der Waals surface area contributed by atoms with Gasteiger partial charge in [0.2, 0.25) is 0 Å². The van der Waals surface area contributed by atoms with E-state index in [9.17, 15) is 26.7 Å². The van der Waals surface area contributed by atoms with Gasteiger partial charge in [0.05, 0.1) is 12.2 Å². The molecule has 0 aliphatic carbocycles. The minimum atomic E-state index is -4.85. The quantitative estimate of drug-likeness (QED) is 0.594. The SMILES string of the molecule is CCOC(=O)c1cc(F)c(F)cc1-c1ccc(OC(F)(F)F)cc1. The van der Waals surface area contributed by atoms with Gasteiger partial charge >= 0.3 is 12.3 Å². The number of carbonyl (C=O) groups excluding carboxylic acids is 1. The second-order valence-corrected chi connectivity index (χ2v) is 4.60. The number of alkyl halides is 3. The average Bonchev–Trinajstić information content (AvgIpc) is 2.49. The van der Waals surface area contributed by atoms with E-state index in [0.717, 1.165) is 18.2 Å². The van der Waals surface area contributed by atoms with Gasteiger partial charge < -0.3 is 9.47 Å². The Kier molecular flexibility index (Phi) is 5.06. The molecule has 0 saturated heterocycles. The molecular weight excluding hydrogens is 335 g/mol. The van der Waals surface area contributed by atoms with Crippen LogP contribution in [0.1, 0.15) is 17.3 Å². The summed E-state index contributed by atoms with van der Waals surface area (Å²) in [6, 6.07) is 5.84. The number of benzene rings is 2. The maximum absolute atomic E-state index is 13.5. The van der Waals surface area contributed by atoms with Crippen LogP contribution in [0, 0.1) is 11.6 Å². The van der Waals surface area contributed by atoms with E-state index in [1.54, 1.807) is 6.92 Å². The van der Waals surface area contributed by atoms with E-state index in [4.69, 9.17) is 4.74 Å². The molecule has 0 radical (unpaired) electrons. The number of hydrogen-bond donors (Lipinski definition) is 0. The van der Waals surface area contributed by atoms with Gasteiger partial charge in [-0.2, -0.15) is 0 Å². The number of rotatable bonds is 4. The van der Waals surface area contributed by atoms with Crippen molar-refractivity contribution in [3.05, 3.63) is 53.6 Å². The number of ether oxygens (including phenoxy) is 2. The van der Waals surface area contributed by atoms with Crippen molar-refractivity contribution in [2.45, 2.75) is 13.3 Å². The van der Waals surface area contributed by atoms with Crippen molar-refractivity contribution in [2.75, 3.05) is 6.61 Å². The summed E-state index contributed by atoms with van der Waals surface area (Å²) in [5.41, 5.74) is -0.0439. The first-order valence-electron chi connectivity index (χ1n) is 6.73. The van der Waals surface area contributed by atoms with Crippen LogP contribution in [0.15, 0.2) is 36.4 Å². The third-order valence-electron chi connectivity index (χ3n) is 2.95. The first kappa shape index (κ1) is 17.7. The lowest BCUT2D eigenvalue weighted by atomic mass is 9.99. The molecule has 0 spiro atoms. The Labute approximate surface area is 133 Å². The van der Waals surface area contributed by atoms with Crippen molar-refractivity contribution in [1.82, 2.24) is 0 Å². The zero-order valence-corrected chi connectivity index (χ0v) is 12.3. The maximum Gasteiger partial charge on any atom is 0.573 e. The van der Waals surface area contributed by atoms with Crippen molar-refractivity contribution >= 4 is 5.97 Å². The van der Waals surface area contributed by atoms with E-state index >= 15 is 0 Å². The molecule has 24 heavy (non-hydrogen) atoms. The summed E-state index contributed by atoms with van der Waals surface area (Å²) in [5, 5.41) is 0. The number of carbonyl (C=O) groups is 1. The Hall–Kier alpha value is -2.64. The molecule has 0 unspecified atom stereocenters. The van der Waals surface area contributed by atoms with Gasteiger partial charge in [-0.25, -0.2) is 13.6 Å². The second kappa shape index (κ2) is 6.86. The average molecular weight is 346 g/mol. The van der Waals surface area contributed by atoms with Crippen molar-refractivity contribution in [1.29, 1.82) is 0 Å². The number of halogens is 5. The van der Waals surface area contributed by atoms with Crippen LogP contribution in [0.4, 0.5) is 22.0 Å². The zero-order valence-electron chi connectivity index (χ0n) is 12.3. The van der Waals surface area contributed by atoms with Crippen LogP contribution in [-0.2, 0) is 4.74 Å². The van der Waals surface area contributed by atoms with Gasteiger partial charge in [-0.15, -0.1) is 13.2 Å². The van der Waals surface area contributed by atoms with Crippen LogP contribution in [0.25, 0.3) is 11.1 Å². The molecule has 0 N–H and O–H groups in total. The Balaban J connectivity index is 2.43. The highest BCUT2D eigenvalue weighted by Crippen LogP contribution is 2.30. The summed E-state index contributed by atoms with van der Waals surface area (Å²) in [7, 11) is 0. The Morgan fingerprint density at radius 3 is 2.17 bits per heavy atom. The molecule has 0 aliphatic rings. The summed E-state index contributed by atoms with van der Waals surface area (Å²) in [4.78, 5) is 11.9. The topological polar surface area (TPSA) is 35.5 Å². The molecule has 0 fully saturated rings. The third kappa shape index (κ3) is 4.21. The van der Waals surface area contributed by atoms with Crippen molar-refractivity contribution < 1.29 is 36.2 Å². The molecule has 0 aromatic heterocycles. The van der Waals surface area contributed by atoms with Crippen LogP contribution in [0.3, 0.4) is 0 Å². The highest BCUT2D eigenvalue weighted by molar-refractivity contribution is 5.97. The van der Waals surface area contributed by atoms with Crippen molar-refractivity contribution in [3.63, 3.8) is 0 Å². The summed E-state index contributed by atoms with van der Waals surface area (Å²) >= 11 is 0. The van der Waals surface area contributed by atoms with Crippen LogP contribution >= 0.6 is 0 Å². The molecule has 128 valence electrons. The van der Waals surface area contributed by atoms with Crippen LogP contribution < -0.4 is 4.74 Å². The molecule has 0 saturated carbocycles. The van der Waals surface area contributed by atoms with Crippen LogP contribution in [0.2, 0.25) is 0 Å². The minimum absolute atomic E-state index is 0.00842. The lowest BCUT2D eigenvalue weighted by molar-refractivity contribution is -0.274. The van der Waals surface area contributed by atoms with Gasteiger partial charge in [0.25, 0.3) is 0 Å². The Morgan fingerprint density at radius 1 is 1.04 bits per heavy atom. The van der Waals surface area contributed by atoms with E-state index in [2.05, 4.69) is 4.74 Å². The normalized spacial score (nSPS) is 11.2. The molecule has 0 heterocycles. The number of hydrogen-bond acceptors (Lipinski definition) is 3. The second-order valence-electron chi connectivity index (χ2n) is 4.60. The fourth-order valence-corrected chi connectivity index (χ4v) is 2.00. The highest BCUT2D eigenvalue weighted by Gasteiger charge is 2.31. The predicted molar refractivity (Wildman–Crippen MR) is 74.4 cm³/mol. The molecule has 2 aromatic rings. The van der Waals surface area contributed by atoms with Crippen molar-refractivity contribution in [2.24, 2.45) is 0 Å². The zero-order chi connectivity index (χ0) is 17.9. The first-order chi connectivity index (χ1) is 11.2. The smallest absolute Gasteiger partial charge is 0.462 e. The van der Waals surface area contributed by atoms with Crippen LogP contribution in [0.5, 0.6) is 5.75 Å². The summed E-state index contributed by atoms with van der Waals surface area (Å²) in [6.07, 6.45) is -4.85. The van der Waals surface area contributed by atoms with Gasteiger partial charge in [0.15, 0.2) is 11.6 Å². The monoisotopic (exact) mass is 346 g/mol. The molecule has 0 atom stereocenters. The predicted octanol–water partition coefficient (Wildman–Crippen LogP) is 4.71. The molecule has 3 nitrogen and oxygen atoms in total. The van der Waals surface area contributed by atoms with E-state index in [0.29, 0.717) is 6.07 Å². The molecule has 2 aromatic carbocycles. The lowest BCUT2D eigenvalue weighted by Crippen LogP contribution is -2.17. The van der Waals surface area contributed by atoms with Gasteiger partial charge in [-0.3, -0.25) is 0 Å². The van der Waals surface area contributed by atoms with Gasteiger partial charge in [0, 0.05) is 0 Å². The molecule has 0 bridgehead atoms. The standard InChI is InChI=1S/C16H11F5O3/c1-2-23-15(22)12-8-14(18)13(17)7-11(12)9-3-5-10(6-4-9)24-16(19,20)21/h3-8H,2H2,1H3. The summed E-state index contributed by atoms with van der Waals surface area (Å²) in [5.74, 6) is -3.79. The first-order valence-corrected chi connectivity index (χ1v) is 6.73. The summed E-state index contributed by atoms with van der Waals surface area (Å²) < 4.78 is 71.8. The molecule has 2 rings (SSSR count). The van der Waals surface area contributed by atoms with E-state index < -0.39 is 29.7 Å². The molecule has 0 aliphatic heterocycles. The molecule has 8 heteroatoms. The Morgan fingerprint density at radius 2 is 1.62 bits per heavy atom. The van der Waals surface area contributed by atoms with Crippen molar-refractivity contribution in [3.8, 4) is 16.9 Å². The fourth-order valence-electron chi connectivity index (χ4n) is 2.00. The van der Waals surface area contributed by atoms with E-state index in [-0.39, 0.29) is 23.3 Å². The van der Waals surface area contributed by atoms with E-state index in [1.807, 2.05) is 0 Å². The van der Waals surface area contributed by atoms with Gasteiger partial charge in [0.1, 0.15) is 5.75 Å². The lowest BCUT2D eigenvalue weighted by Gasteiger charge is -2.12. The molecular formula is C16H11F5O3. The van der Waals surface area contributed by atoms with Gasteiger partial charge in [-0.1, -0.05) is 12.1 Å². The fraction of sp³-hybridized carbons (Fsp3) is 0.188. The minimum Gasteiger partial charge on any atom is -0.462 e. The maximum atomic E-state index is 13.5. The van der Waals surface area contributed by atoms with Gasteiger partial charge in [-0.05, 0) is 42.3 Å².